The fraction of sp³-hybridized carbons (Fsp3) is 0. The van der Waals surface area contributed by atoms with Gasteiger partial charge < -0.3 is 15.3 Å². The molecule has 0 spiro atoms. The van der Waals surface area contributed by atoms with Crippen LogP contribution in [0.15, 0.2) is 30.6 Å². The molecule has 0 amide bonds. The van der Waals surface area contributed by atoms with Crippen molar-refractivity contribution in [3.8, 4) is 0 Å². The fourth-order valence-corrected chi connectivity index (χ4v) is 0.313. The van der Waals surface area contributed by atoms with Crippen LogP contribution in [0.5, 0.6) is 0 Å². The number of rotatable bonds is 0. The number of nitrogens with zero attached hydrogens (tertiary/aromatic N) is 1. The number of aromatic nitrogens is 1. The third-order valence-corrected chi connectivity index (χ3v) is 0.566. The molecule has 0 aliphatic rings. The van der Waals surface area contributed by atoms with Gasteiger partial charge in [0.15, 0.2) is 0 Å². The second-order valence-electron chi connectivity index (χ2n) is 1.31. The maximum absolute atomic E-state index is 8.74. The van der Waals surface area contributed by atoms with E-state index in [1.807, 2.05) is 18.2 Å². The molecule has 1 rings (SSSR count). The predicted molar refractivity (Wildman–Crippen MR) is 48.4 cm³/mol. The molecule has 0 aliphatic heterocycles. The van der Waals surface area contributed by atoms with Crippen molar-refractivity contribution in [2.24, 2.45) is 0 Å². The Labute approximate surface area is 93.0 Å². The molecule has 7 heteroatoms. The van der Waals surface area contributed by atoms with Crippen molar-refractivity contribution in [1.29, 1.82) is 0 Å². The molecule has 1 heterocycles. The third-order valence-electron chi connectivity index (χ3n) is 0.566. The van der Waals surface area contributed by atoms with Crippen molar-refractivity contribution in [2.75, 3.05) is 0 Å². The molecule has 0 saturated heterocycles. The first-order chi connectivity index (χ1) is 4.73. The van der Waals surface area contributed by atoms with Gasteiger partial charge in [0.05, 0.1) is 0 Å². The summed E-state index contributed by atoms with van der Waals surface area (Å²) >= 11 is 0. The first-order valence-corrected chi connectivity index (χ1v) is 3.80. The van der Waals surface area contributed by atoms with E-state index in [-0.39, 0.29) is 35.0 Å². The average molecular weight is 203 g/mol. The molecule has 12 heavy (non-hydrogen) atoms. The summed E-state index contributed by atoms with van der Waals surface area (Å²) in [5, 5.41) is 0. The molecule has 0 aliphatic carbocycles. The largest absolute Gasteiger partial charge is 0.265 e. The molecular formula is C5H11NNaO4P. The standard InChI is InChI=1S/C5H5N.Na.H3O3P.H2O.H/c1-2-4-6-5-3-1;;1-4(2)3;;/h1-5H;;4H,(H2,1,2,3);1H2;. The second-order valence-corrected chi connectivity index (χ2v) is 1.87. The van der Waals surface area contributed by atoms with Crippen LogP contribution in [-0.2, 0) is 4.57 Å². The molecule has 0 radical (unpaired) electrons. The molecule has 0 atom stereocenters. The van der Waals surface area contributed by atoms with Crippen molar-refractivity contribution in [2.45, 2.75) is 0 Å². The van der Waals surface area contributed by atoms with Crippen LogP contribution in [0, 0.1) is 0 Å². The Kier molecular flexibility index (Phi) is 20.9. The van der Waals surface area contributed by atoms with Crippen molar-refractivity contribution < 1.29 is 19.8 Å². The van der Waals surface area contributed by atoms with Crippen LogP contribution in [-0.4, -0.2) is 49.8 Å². The van der Waals surface area contributed by atoms with Gasteiger partial charge in [-0.3, -0.25) is 9.55 Å². The van der Waals surface area contributed by atoms with E-state index in [0.29, 0.717) is 0 Å². The molecule has 5 nitrogen and oxygen atoms in total. The van der Waals surface area contributed by atoms with E-state index in [1.165, 1.54) is 0 Å². The Morgan fingerprint density at radius 1 is 1.08 bits per heavy atom. The smallest absolute Gasteiger partial charge is 0.0267 e. The first kappa shape index (κ1) is 18.1. The molecule has 0 bridgehead atoms. The van der Waals surface area contributed by atoms with Crippen molar-refractivity contribution in [3.63, 3.8) is 0 Å². The van der Waals surface area contributed by atoms with Gasteiger partial charge in [-0.2, -0.15) is 0 Å². The van der Waals surface area contributed by atoms with E-state index in [2.05, 4.69) is 4.98 Å². The zero-order valence-electron chi connectivity index (χ0n) is 5.64. The second kappa shape index (κ2) is 13.8. The van der Waals surface area contributed by atoms with E-state index in [9.17, 15) is 0 Å². The van der Waals surface area contributed by atoms with Gasteiger partial charge in [-0.25, -0.2) is 0 Å². The van der Waals surface area contributed by atoms with Crippen LogP contribution < -0.4 is 0 Å². The Morgan fingerprint density at radius 3 is 1.50 bits per heavy atom. The normalized spacial score (nSPS) is 6.92. The third kappa shape index (κ3) is 22.5. The molecule has 1 aromatic heterocycles. The van der Waals surface area contributed by atoms with Gasteiger partial charge in [0.25, 0.3) is 0 Å². The summed E-state index contributed by atoms with van der Waals surface area (Å²) in [6.45, 7) is 0. The minimum absolute atomic E-state index is 0. The summed E-state index contributed by atoms with van der Waals surface area (Å²) in [6.07, 6.45) is 3.50. The fourth-order valence-electron chi connectivity index (χ4n) is 0.313. The molecule has 4 N–H and O–H groups in total. The molecule has 0 saturated carbocycles. The Hall–Kier alpha value is 0.260. The van der Waals surface area contributed by atoms with Crippen LogP contribution in [0.3, 0.4) is 0 Å². The number of hydrogen-bond donors (Lipinski definition) is 2. The minimum Gasteiger partial charge on any atom is -0.265 e. The van der Waals surface area contributed by atoms with E-state index in [0.717, 1.165) is 0 Å². The van der Waals surface area contributed by atoms with Crippen LogP contribution in [0.2, 0.25) is 0 Å². The Bertz CT molecular complexity index is 155. The molecule has 0 unspecified atom stereocenters. The molecule has 0 fully saturated rings. The summed E-state index contributed by atoms with van der Waals surface area (Å²) < 4.78 is 8.74. The summed E-state index contributed by atoms with van der Waals surface area (Å²) in [7, 11) is -3.13. The van der Waals surface area contributed by atoms with Gasteiger partial charge in [0, 0.05) is 12.4 Å². The number of hydrogen-bond acceptors (Lipinski definition) is 2. The van der Waals surface area contributed by atoms with Gasteiger partial charge in [-0.05, 0) is 12.1 Å². The first-order valence-electron chi connectivity index (χ1n) is 2.50. The van der Waals surface area contributed by atoms with Crippen LogP contribution in [0.1, 0.15) is 0 Å². The van der Waals surface area contributed by atoms with Crippen LogP contribution in [0.25, 0.3) is 0 Å². The van der Waals surface area contributed by atoms with Gasteiger partial charge in [-0.15, -0.1) is 0 Å². The summed E-state index contributed by atoms with van der Waals surface area (Å²) in [5.74, 6) is 0. The molecule has 1 aromatic rings. The predicted octanol–water partition coefficient (Wildman–Crippen LogP) is -1.03. The van der Waals surface area contributed by atoms with Gasteiger partial charge in [0.1, 0.15) is 0 Å². The van der Waals surface area contributed by atoms with Gasteiger partial charge in [-0.1, -0.05) is 6.07 Å². The van der Waals surface area contributed by atoms with E-state index < -0.39 is 8.25 Å². The topological polar surface area (TPSA) is 102 Å². The minimum atomic E-state index is -3.13. The zero-order chi connectivity index (χ0) is 7.82. The maximum Gasteiger partial charge on any atom is 0.0267 e. The van der Waals surface area contributed by atoms with Crippen LogP contribution >= 0.6 is 8.25 Å². The summed E-state index contributed by atoms with van der Waals surface area (Å²) in [5.41, 5.74) is 0. The maximum atomic E-state index is 8.74. The average Bonchev–Trinajstić information content (AvgIpc) is 1.90. The SMILES string of the molecule is O.O=[PH](O)O.[NaH].c1ccncc1. The monoisotopic (exact) mass is 203 g/mol. The summed E-state index contributed by atoms with van der Waals surface area (Å²) in [6, 6.07) is 5.72. The van der Waals surface area contributed by atoms with Gasteiger partial charge >= 0.3 is 37.8 Å². The van der Waals surface area contributed by atoms with E-state index in [1.54, 1.807) is 12.4 Å². The Balaban J connectivity index is -0.000000124. The molecular weight excluding hydrogens is 192 g/mol. The van der Waals surface area contributed by atoms with E-state index >= 15 is 0 Å². The number of pyridine rings is 1. The summed E-state index contributed by atoms with van der Waals surface area (Å²) in [4.78, 5) is 18.1. The van der Waals surface area contributed by atoms with Gasteiger partial charge in [0.2, 0.25) is 0 Å². The van der Waals surface area contributed by atoms with Crippen molar-refractivity contribution >= 4 is 37.8 Å². The van der Waals surface area contributed by atoms with E-state index in [4.69, 9.17) is 14.4 Å². The molecule has 66 valence electrons. The zero-order valence-corrected chi connectivity index (χ0v) is 6.64. The van der Waals surface area contributed by atoms with Crippen LogP contribution in [0.4, 0.5) is 0 Å². The molecule has 0 aromatic carbocycles. The Morgan fingerprint density at radius 2 is 1.42 bits per heavy atom. The van der Waals surface area contributed by atoms with Crippen molar-refractivity contribution in [3.05, 3.63) is 30.6 Å². The quantitative estimate of drug-likeness (QED) is 0.415. The van der Waals surface area contributed by atoms with Crippen molar-refractivity contribution in [1.82, 2.24) is 4.98 Å².